The highest BCUT2D eigenvalue weighted by Gasteiger charge is 2.27. The van der Waals surface area contributed by atoms with Gasteiger partial charge >= 0.3 is 0 Å². The van der Waals surface area contributed by atoms with Gasteiger partial charge in [-0.1, -0.05) is 6.07 Å². The van der Waals surface area contributed by atoms with E-state index < -0.39 is 10.0 Å². The molecular weight excluding hydrogens is 420 g/mol. The zero-order chi connectivity index (χ0) is 22.4. The number of rotatable bonds is 9. The molecule has 0 radical (unpaired) electrons. The van der Waals surface area contributed by atoms with E-state index in [1.165, 1.54) is 16.4 Å². The summed E-state index contributed by atoms with van der Waals surface area (Å²) in [6, 6.07) is 11.3. The van der Waals surface area contributed by atoms with E-state index in [-0.39, 0.29) is 23.5 Å². The summed E-state index contributed by atoms with van der Waals surface area (Å²) in [5.74, 6) is 1.33. The highest BCUT2D eigenvalue weighted by Crippen LogP contribution is 2.30. The minimum Gasteiger partial charge on any atom is -0.493 e. The lowest BCUT2D eigenvalue weighted by molar-refractivity contribution is -0.123. The summed E-state index contributed by atoms with van der Waals surface area (Å²) in [7, 11) is -0.345. The van der Waals surface area contributed by atoms with Gasteiger partial charge in [0.05, 0.1) is 25.2 Å². The first-order valence-electron chi connectivity index (χ1n) is 10.1. The largest absolute Gasteiger partial charge is 0.493 e. The molecule has 1 aliphatic rings. The molecule has 1 N–H and O–H groups in total. The minimum atomic E-state index is -3.46. The Labute approximate surface area is 183 Å². The Bertz CT molecular complexity index is 1000. The van der Waals surface area contributed by atoms with E-state index in [0.29, 0.717) is 30.3 Å². The Hall–Kier alpha value is -2.78. The molecule has 1 atom stereocenters. The molecule has 1 heterocycles. The number of carbonyl (C=O) groups excluding carboxylic acids is 1. The van der Waals surface area contributed by atoms with Crippen molar-refractivity contribution in [2.45, 2.75) is 30.7 Å². The second kappa shape index (κ2) is 10.0. The van der Waals surface area contributed by atoms with Gasteiger partial charge in [-0.2, -0.15) is 4.31 Å². The van der Waals surface area contributed by atoms with Crippen molar-refractivity contribution in [3.8, 4) is 17.2 Å². The molecular formula is C22H28N2O6S. The van der Waals surface area contributed by atoms with Crippen LogP contribution < -0.4 is 19.5 Å². The summed E-state index contributed by atoms with van der Waals surface area (Å²) in [4.78, 5) is 12.5. The molecule has 1 fully saturated rings. The fraction of sp³-hybridized carbons (Fsp3) is 0.409. The number of nitrogens with zero attached hydrogens (tertiary/aromatic N) is 1. The Morgan fingerprint density at radius 2 is 1.68 bits per heavy atom. The number of carbonyl (C=O) groups is 1. The SMILES string of the molecule is COc1ccc(C(C)NC(=O)COc2ccc(S(=O)(=O)N3CCCC3)cc2)cc1OC. The predicted octanol–water partition coefficient (Wildman–Crippen LogP) is 2.74. The molecule has 1 saturated heterocycles. The maximum absolute atomic E-state index is 12.6. The summed E-state index contributed by atoms with van der Waals surface area (Å²) in [6.45, 7) is 2.78. The Kier molecular flexibility index (Phi) is 7.40. The van der Waals surface area contributed by atoms with E-state index >= 15 is 0 Å². The molecule has 0 aromatic heterocycles. The predicted molar refractivity (Wildman–Crippen MR) is 116 cm³/mol. The van der Waals surface area contributed by atoms with Crippen LogP contribution in [0.5, 0.6) is 17.2 Å². The van der Waals surface area contributed by atoms with E-state index in [1.54, 1.807) is 32.4 Å². The van der Waals surface area contributed by atoms with Gasteiger partial charge in [0.25, 0.3) is 5.91 Å². The summed E-state index contributed by atoms with van der Waals surface area (Å²) in [6.07, 6.45) is 1.77. The fourth-order valence-electron chi connectivity index (χ4n) is 3.42. The van der Waals surface area contributed by atoms with Crippen molar-refractivity contribution in [3.05, 3.63) is 48.0 Å². The summed E-state index contributed by atoms with van der Waals surface area (Å²) >= 11 is 0. The number of benzene rings is 2. The molecule has 1 amide bonds. The van der Waals surface area contributed by atoms with Crippen LogP contribution in [0.15, 0.2) is 47.4 Å². The van der Waals surface area contributed by atoms with Gasteiger partial charge in [0.1, 0.15) is 5.75 Å². The first kappa shape index (κ1) is 22.9. The van der Waals surface area contributed by atoms with Crippen LogP contribution in [0.25, 0.3) is 0 Å². The monoisotopic (exact) mass is 448 g/mol. The molecule has 0 spiro atoms. The van der Waals surface area contributed by atoms with E-state index in [2.05, 4.69) is 5.32 Å². The Morgan fingerprint density at radius 3 is 2.29 bits per heavy atom. The van der Waals surface area contributed by atoms with Crippen molar-refractivity contribution in [1.82, 2.24) is 9.62 Å². The average molecular weight is 449 g/mol. The fourth-order valence-corrected chi connectivity index (χ4v) is 4.94. The number of hydrogen-bond donors (Lipinski definition) is 1. The van der Waals surface area contributed by atoms with Gasteiger partial charge in [-0.25, -0.2) is 8.42 Å². The van der Waals surface area contributed by atoms with Crippen molar-refractivity contribution in [1.29, 1.82) is 0 Å². The molecule has 0 aliphatic carbocycles. The van der Waals surface area contributed by atoms with Crippen molar-refractivity contribution in [2.75, 3.05) is 33.9 Å². The van der Waals surface area contributed by atoms with Crippen LogP contribution in [-0.2, 0) is 14.8 Å². The first-order valence-corrected chi connectivity index (χ1v) is 11.5. The van der Waals surface area contributed by atoms with Crippen molar-refractivity contribution in [3.63, 3.8) is 0 Å². The van der Waals surface area contributed by atoms with E-state index in [4.69, 9.17) is 14.2 Å². The van der Waals surface area contributed by atoms with Crippen molar-refractivity contribution in [2.24, 2.45) is 0 Å². The van der Waals surface area contributed by atoms with Crippen LogP contribution in [0, 0.1) is 0 Å². The molecule has 2 aromatic carbocycles. The van der Waals surface area contributed by atoms with Crippen LogP contribution in [0.1, 0.15) is 31.4 Å². The average Bonchev–Trinajstić information content (AvgIpc) is 3.33. The second-order valence-corrected chi connectivity index (χ2v) is 9.21. The second-order valence-electron chi connectivity index (χ2n) is 7.27. The summed E-state index contributed by atoms with van der Waals surface area (Å²) in [5.41, 5.74) is 0.863. The third-order valence-electron chi connectivity index (χ3n) is 5.18. The van der Waals surface area contributed by atoms with E-state index in [9.17, 15) is 13.2 Å². The highest BCUT2D eigenvalue weighted by molar-refractivity contribution is 7.89. The molecule has 1 unspecified atom stereocenters. The van der Waals surface area contributed by atoms with Crippen LogP contribution >= 0.6 is 0 Å². The number of ether oxygens (including phenoxy) is 3. The molecule has 1 aliphatic heterocycles. The Balaban J connectivity index is 1.54. The maximum atomic E-state index is 12.6. The molecule has 31 heavy (non-hydrogen) atoms. The van der Waals surface area contributed by atoms with Gasteiger partial charge < -0.3 is 19.5 Å². The third kappa shape index (κ3) is 5.48. The number of sulfonamides is 1. The van der Waals surface area contributed by atoms with Gasteiger partial charge in [0, 0.05) is 13.1 Å². The lowest BCUT2D eigenvalue weighted by Gasteiger charge is -2.17. The highest BCUT2D eigenvalue weighted by atomic mass is 32.2. The van der Waals surface area contributed by atoms with E-state index in [0.717, 1.165) is 18.4 Å². The quantitative estimate of drug-likeness (QED) is 0.634. The van der Waals surface area contributed by atoms with Gasteiger partial charge in [-0.3, -0.25) is 4.79 Å². The molecule has 0 saturated carbocycles. The Morgan fingerprint density at radius 1 is 1.03 bits per heavy atom. The normalized spacial score (nSPS) is 15.3. The van der Waals surface area contributed by atoms with Crippen molar-refractivity contribution >= 4 is 15.9 Å². The van der Waals surface area contributed by atoms with Crippen LogP contribution in [0.2, 0.25) is 0 Å². The molecule has 3 rings (SSSR count). The maximum Gasteiger partial charge on any atom is 0.258 e. The lowest BCUT2D eigenvalue weighted by atomic mass is 10.1. The molecule has 8 nitrogen and oxygen atoms in total. The molecule has 0 bridgehead atoms. The van der Waals surface area contributed by atoms with Gasteiger partial charge in [-0.15, -0.1) is 0 Å². The molecule has 168 valence electrons. The van der Waals surface area contributed by atoms with Crippen LogP contribution in [0.4, 0.5) is 0 Å². The topological polar surface area (TPSA) is 94.2 Å². The number of methoxy groups -OCH3 is 2. The van der Waals surface area contributed by atoms with Gasteiger partial charge in [0.15, 0.2) is 18.1 Å². The van der Waals surface area contributed by atoms with Crippen molar-refractivity contribution < 1.29 is 27.4 Å². The molecule has 2 aromatic rings. The smallest absolute Gasteiger partial charge is 0.258 e. The first-order chi connectivity index (χ1) is 14.8. The minimum absolute atomic E-state index is 0.185. The standard InChI is InChI=1S/C22H28N2O6S/c1-16(17-6-11-20(28-2)21(14-17)29-3)23-22(25)15-30-18-7-9-19(10-8-18)31(26,27)24-12-4-5-13-24/h6-11,14,16H,4-5,12-13,15H2,1-3H3,(H,23,25). The zero-order valence-corrected chi connectivity index (χ0v) is 18.8. The van der Waals surface area contributed by atoms with Crippen LogP contribution in [-0.4, -0.2) is 52.5 Å². The van der Waals surface area contributed by atoms with E-state index in [1.807, 2.05) is 19.1 Å². The van der Waals surface area contributed by atoms with Gasteiger partial charge in [0.2, 0.25) is 10.0 Å². The number of hydrogen-bond acceptors (Lipinski definition) is 6. The number of nitrogens with one attached hydrogen (secondary N) is 1. The lowest BCUT2D eigenvalue weighted by Crippen LogP contribution is -2.31. The van der Waals surface area contributed by atoms with Gasteiger partial charge in [-0.05, 0) is 61.7 Å². The molecule has 9 heteroatoms. The van der Waals surface area contributed by atoms with Crippen LogP contribution in [0.3, 0.4) is 0 Å². The zero-order valence-electron chi connectivity index (χ0n) is 18.0. The summed E-state index contributed by atoms with van der Waals surface area (Å²) < 4.78 is 42.6. The third-order valence-corrected chi connectivity index (χ3v) is 7.09. The summed E-state index contributed by atoms with van der Waals surface area (Å²) in [5, 5.41) is 2.87. The number of amides is 1.